The Bertz CT molecular complexity index is 710. The van der Waals surface area contributed by atoms with Crippen molar-refractivity contribution in [3.05, 3.63) is 34.6 Å². The summed E-state index contributed by atoms with van der Waals surface area (Å²) < 4.78 is 0. The average molecular weight is 200 g/mol. The summed E-state index contributed by atoms with van der Waals surface area (Å²) in [6.45, 7) is 0. The molecule has 74 valence electrons. The molecule has 5 nitrogen and oxygen atoms in total. The number of fused-ring (bicyclic) bond motifs is 3. The number of hydrogen-bond acceptors (Lipinski definition) is 3. The van der Waals surface area contributed by atoms with Gasteiger partial charge in [-0.2, -0.15) is 4.98 Å². The molecule has 0 unspecified atom stereocenters. The van der Waals surface area contributed by atoms with Gasteiger partial charge in [0.05, 0.1) is 5.39 Å². The Balaban J connectivity index is 2.67. The van der Waals surface area contributed by atoms with Gasteiger partial charge in [0.15, 0.2) is 0 Å². The Morgan fingerprint density at radius 1 is 1.20 bits per heavy atom. The monoisotopic (exact) mass is 200 g/mol. The van der Waals surface area contributed by atoms with Crippen molar-refractivity contribution in [3.8, 4) is 0 Å². The number of para-hydroxylation sites is 1. The fourth-order valence-electron chi connectivity index (χ4n) is 1.77. The highest BCUT2D eigenvalue weighted by Crippen LogP contribution is 2.20. The number of aromatic amines is 2. The minimum Gasteiger partial charge on any atom is -0.369 e. The molecule has 2 heterocycles. The van der Waals surface area contributed by atoms with Crippen molar-refractivity contribution in [1.29, 1.82) is 0 Å². The van der Waals surface area contributed by atoms with Crippen molar-refractivity contribution in [2.24, 2.45) is 0 Å². The Kier molecular flexibility index (Phi) is 1.39. The van der Waals surface area contributed by atoms with Gasteiger partial charge in [0, 0.05) is 10.9 Å². The van der Waals surface area contributed by atoms with Crippen LogP contribution in [0.25, 0.3) is 21.9 Å². The van der Waals surface area contributed by atoms with Crippen molar-refractivity contribution in [2.75, 3.05) is 5.73 Å². The third-order valence-electron chi connectivity index (χ3n) is 2.39. The number of nitrogens with two attached hydrogens (primary N) is 1. The first-order chi connectivity index (χ1) is 7.25. The summed E-state index contributed by atoms with van der Waals surface area (Å²) in [7, 11) is 0. The maximum Gasteiger partial charge on any atom is 0.262 e. The smallest absolute Gasteiger partial charge is 0.262 e. The third kappa shape index (κ3) is 1.03. The van der Waals surface area contributed by atoms with Gasteiger partial charge in [-0.25, -0.2) is 0 Å². The van der Waals surface area contributed by atoms with Crippen molar-refractivity contribution >= 4 is 27.9 Å². The number of benzene rings is 1. The van der Waals surface area contributed by atoms with E-state index in [-0.39, 0.29) is 11.5 Å². The Hall–Kier alpha value is -2.30. The first kappa shape index (κ1) is 8.05. The molecule has 0 aliphatic rings. The largest absolute Gasteiger partial charge is 0.369 e. The van der Waals surface area contributed by atoms with Gasteiger partial charge in [0.1, 0.15) is 5.65 Å². The number of H-pyrrole nitrogens is 2. The van der Waals surface area contributed by atoms with Crippen LogP contribution < -0.4 is 11.3 Å². The van der Waals surface area contributed by atoms with Crippen molar-refractivity contribution in [2.45, 2.75) is 0 Å². The lowest BCUT2D eigenvalue weighted by Crippen LogP contribution is -2.10. The minimum absolute atomic E-state index is 0.124. The number of aromatic nitrogens is 3. The lowest BCUT2D eigenvalue weighted by atomic mass is 10.2. The second-order valence-electron chi connectivity index (χ2n) is 3.35. The zero-order chi connectivity index (χ0) is 10.4. The topological polar surface area (TPSA) is 87.6 Å². The molecule has 0 amide bonds. The van der Waals surface area contributed by atoms with Gasteiger partial charge in [0.25, 0.3) is 5.56 Å². The number of rotatable bonds is 0. The van der Waals surface area contributed by atoms with E-state index in [1.807, 2.05) is 24.3 Å². The highest BCUT2D eigenvalue weighted by molar-refractivity contribution is 6.05. The molecule has 0 spiro atoms. The predicted octanol–water partition coefficient (Wildman–Crippen LogP) is 0.987. The maximum absolute atomic E-state index is 11.7. The van der Waals surface area contributed by atoms with E-state index in [2.05, 4.69) is 15.0 Å². The quantitative estimate of drug-likeness (QED) is 0.505. The van der Waals surface area contributed by atoms with Gasteiger partial charge >= 0.3 is 0 Å². The molecule has 0 saturated heterocycles. The molecule has 0 fully saturated rings. The molecule has 3 aromatic rings. The van der Waals surface area contributed by atoms with Crippen molar-refractivity contribution in [1.82, 2.24) is 15.0 Å². The summed E-state index contributed by atoms with van der Waals surface area (Å²) in [6.07, 6.45) is 0. The summed E-state index contributed by atoms with van der Waals surface area (Å²) in [5.41, 5.74) is 6.66. The molecule has 0 aliphatic heterocycles. The van der Waals surface area contributed by atoms with Crippen molar-refractivity contribution in [3.63, 3.8) is 0 Å². The number of hydrogen-bond donors (Lipinski definition) is 3. The average Bonchev–Trinajstić information content (AvgIpc) is 2.54. The fourth-order valence-corrected chi connectivity index (χ4v) is 1.77. The van der Waals surface area contributed by atoms with Gasteiger partial charge < -0.3 is 10.7 Å². The summed E-state index contributed by atoms with van der Waals surface area (Å²) in [6, 6.07) is 7.55. The second-order valence-corrected chi connectivity index (χ2v) is 3.35. The summed E-state index contributed by atoms with van der Waals surface area (Å²) >= 11 is 0. The summed E-state index contributed by atoms with van der Waals surface area (Å²) in [4.78, 5) is 21.3. The van der Waals surface area contributed by atoms with Gasteiger partial charge in [0.2, 0.25) is 5.95 Å². The van der Waals surface area contributed by atoms with E-state index >= 15 is 0 Å². The molecule has 5 heteroatoms. The number of anilines is 1. The van der Waals surface area contributed by atoms with Crippen LogP contribution in [0.2, 0.25) is 0 Å². The van der Waals surface area contributed by atoms with Gasteiger partial charge in [-0.3, -0.25) is 9.78 Å². The summed E-state index contributed by atoms with van der Waals surface area (Å²) in [5.74, 6) is 0.124. The van der Waals surface area contributed by atoms with Crippen LogP contribution in [-0.2, 0) is 0 Å². The molecule has 1 aromatic carbocycles. The molecule has 0 atom stereocenters. The van der Waals surface area contributed by atoms with Gasteiger partial charge in [-0.05, 0) is 6.07 Å². The zero-order valence-electron chi connectivity index (χ0n) is 7.74. The van der Waals surface area contributed by atoms with Crippen LogP contribution in [-0.4, -0.2) is 15.0 Å². The third-order valence-corrected chi connectivity index (χ3v) is 2.39. The molecular formula is C10H8N4O. The molecule has 4 N–H and O–H groups in total. The lowest BCUT2D eigenvalue weighted by molar-refractivity contribution is 1.18. The van der Waals surface area contributed by atoms with E-state index in [0.29, 0.717) is 11.0 Å². The first-order valence-electron chi connectivity index (χ1n) is 4.52. The molecule has 0 aliphatic carbocycles. The van der Waals surface area contributed by atoms with Crippen LogP contribution in [0.3, 0.4) is 0 Å². The van der Waals surface area contributed by atoms with E-state index in [1.165, 1.54) is 0 Å². The number of nitrogens with zero attached hydrogens (tertiary/aromatic N) is 1. The number of nitrogen functional groups attached to an aromatic ring is 1. The van der Waals surface area contributed by atoms with E-state index in [9.17, 15) is 4.79 Å². The highest BCUT2D eigenvalue weighted by Gasteiger charge is 2.08. The van der Waals surface area contributed by atoms with Crippen LogP contribution in [0, 0.1) is 0 Å². The Morgan fingerprint density at radius 2 is 2.00 bits per heavy atom. The van der Waals surface area contributed by atoms with Crippen LogP contribution in [0.4, 0.5) is 5.95 Å². The highest BCUT2D eigenvalue weighted by atomic mass is 16.1. The van der Waals surface area contributed by atoms with Crippen LogP contribution in [0.1, 0.15) is 0 Å². The van der Waals surface area contributed by atoms with Crippen LogP contribution >= 0.6 is 0 Å². The van der Waals surface area contributed by atoms with E-state index in [4.69, 9.17) is 5.73 Å². The predicted molar refractivity (Wildman–Crippen MR) is 58.6 cm³/mol. The number of nitrogens with one attached hydrogen (secondary N) is 2. The standard InChI is InChI=1S/C10H8N4O/c11-10-13-8-7(9(15)14-10)5-3-1-2-4-6(5)12-8/h1-4H,(H4,11,12,13,14,15). The molecule has 0 radical (unpaired) electrons. The van der Waals surface area contributed by atoms with Gasteiger partial charge in [-0.1, -0.05) is 18.2 Å². The van der Waals surface area contributed by atoms with E-state index in [0.717, 1.165) is 10.9 Å². The molecule has 3 rings (SSSR count). The molecular weight excluding hydrogens is 192 g/mol. The maximum atomic E-state index is 11.7. The van der Waals surface area contributed by atoms with E-state index < -0.39 is 0 Å². The van der Waals surface area contributed by atoms with Crippen LogP contribution in [0.5, 0.6) is 0 Å². The minimum atomic E-state index is -0.213. The normalized spacial score (nSPS) is 11.2. The van der Waals surface area contributed by atoms with Crippen molar-refractivity contribution < 1.29 is 0 Å². The lowest BCUT2D eigenvalue weighted by Gasteiger charge is -1.91. The molecule has 0 bridgehead atoms. The Morgan fingerprint density at radius 3 is 2.87 bits per heavy atom. The van der Waals surface area contributed by atoms with E-state index in [1.54, 1.807) is 0 Å². The molecule has 15 heavy (non-hydrogen) atoms. The second kappa shape index (κ2) is 2.60. The zero-order valence-corrected chi connectivity index (χ0v) is 7.74. The Labute approximate surface area is 83.9 Å². The molecule has 2 aromatic heterocycles. The molecule has 0 saturated carbocycles. The fraction of sp³-hybridized carbons (Fsp3) is 0. The first-order valence-corrected chi connectivity index (χ1v) is 4.52. The summed E-state index contributed by atoms with van der Waals surface area (Å²) in [5, 5.41) is 1.42. The van der Waals surface area contributed by atoms with Crippen LogP contribution in [0.15, 0.2) is 29.1 Å². The van der Waals surface area contributed by atoms with Gasteiger partial charge in [-0.15, -0.1) is 0 Å². The SMILES string of the molecule is Nc1nc2[nH]c3ccccc3c2c(=O)[nH]1.